The molecule has 1 aliphatic heterocycles. The molecule has 0 saturated heterocycles. The fourth-order valence-electron chi connectivity index (χ4n) is 2.08. The maximum Gasteiger partial charge on any atom is 0.330 e. The first-order valence-corrected chi connectivity index (χ1v) is 6.93. The summed E-state index contributed by atoms with van der Waals surface area (Å²) in [5, 5.41) is 0. The number of rotatable bonds is 4. The normalized spacial score (nSPS) is 22.9. The maximum atomic E-state index is 13.4. The molecule has 0 saturated carbocycles. The lowest BCUT2D eigenvalue weighted by Crippen LogP contribution is -2.43. The second-order valence-corrected chi connectivity index (χ2v) is 4.97. The van der Waals surface area contributed by atoms with Crippen molar-refractivity contribution in [3.63, 3.8) is 0 Å². The van der Waals surface area contributed by atoms with Crippen LogP contribution in [0.2, 0.25) is 0 Å². The summed E-state index contributed by atoms with van der Waals surface area (Å²) in [6.45, 7) is 2.15. The third kappa shape index (κ3) is 4.16. The number of aromatic amines is 1. The zero-order valence-corrected chi connectivity index (χ0v) is 12.9. The summed E-state index contributed by atoms with van der Waals surface area (Å²) in [5.41, 5.74) is -2.03. The first-order chi connectivity index (χ1) is 11.3. The van der Waals surface area contributed by atoms with E-state index in [0.717, 1.165) is 4.57 Å². The molecule has 1 N–H and O–H groups in total. The van der Waals surface area contributed by atoms with Gasteiger partial charge >= 0.3 is 17.6 Å². The van der Waals surface area contributed by atoms with E-state index < -0.39 is 47.4 Å². The average Bonchev–Trinajstić information content (AvgIpc) is 2.49. The number of ether oxygens (including phenoxy) is 3. The lowest BCUT2D eigenvalue weighted by atomic mass is 10.1. The fraction of sp³-hybridized carbons (Fsp3) is 0.429. The van der Waals surface area contributed by atoms with Crippen LogP contribution in [0, 0.1) is 5.82 Å². The molecule has 1 aromatic heterocycles. The van der Waals surface area contributed by atoms with Gasteiger partial charge in [0.15, 0.2) is 6.23 Å². The Morgan fingerprint density at radius 1 is 1.29 bits per heavy atom. The third-order valence-electron chi connectivity index (χ3n) is 3.10. The topological polar surface area (TPSA) is 117 Å². The SMILES string of the molecule is CC(=O)OC[C@H]1O[C@@H](n2cc(F)c(=O)[nH]c2=O)C=C[C@@H]1OC(C)=O. The van der Waals surface area contributed by atoms with Crippen LogP contribution in [0.5, 0.6) is 0 Å². The summed E-state index contributed by atoms with van der Waals surface area (Å²) in [4.78, 5) is 46.7. The molecule has 0 spiro atoms. The van der Waals surface area contributed by atoms with Crippen molar-refractivity contribution in [1.82, 2.24) is 9.55 Å². The lowest BCUT2D eigenvalue weighted by Gasteiger charge is -2.31. The lowest BCUT2D eigenvalue weighted by molar-refractivity contribution is -0.168. The van der Waals surface area contributed by atoms with Crippen molar-refractivity contribution < 1.29 is 28.2 Å². The van der Waals surface area contributed by atoms with Gasteiger partial charge in [-0.2, -0.15) is 4.39 Å². The molecule has 2 heterocycles. The maximum absolute atomic E-state index is 13.4. The number of nitrogens with zero attached hydrogens (tertiary/aromatic N) is 1. The van der Waals surface area contributed by atoms with Gasteiger partial charge in [0, 0.05) is 13.8 Å². The summed E-state index contributed by atoms with van der Waals surface area (Å²) in [6.07, 6.45) is 0.661. The van der Waals surface area contributed by atoms with Crippen LogP contribution in [0.25, 0.3) is 0 Å². The Labute approximate surface area is 134 Å². The molecule has 0 aromatic carbocycles. The highest BCUT2D eigenvalue weighted by Crippen LogP contribution is 2.22. The number of aromatic nitrogens is 2. The summed E-state index contributed by atoms with van der Waals surface area (Å²) >= 11 is 0. The van der Waals surface area contributed by atoms with E-state index in [-0.39, 0.29) is 6.61 Å². The van der Waals surface area contributed by atoms with Crippen LogP contribution in [0.15, 0.2) is 27.9 Å². The molecular weight excluding hydrogens is 327 g/mol. The van der Waals surface area contributed by atoms with Crippen LogP contribution in [0.1, 0.15) is 20.1 Å². The van der Waals surface area contributed by atoms with Gasteiger partial charge in [-0.05, 0) is 12.2 Å². The van der Waals surface area contributed by atoms with Crippen LogP contribution in [0.4, 0.5) is 4.39 Å². The Hall–Kier alpha value is -2.75. The van der Waals surface area contributed by atoms with Gasteiger partial charge in [0.25, 0.3) is 5.56 Å². The Kier molecular flexibility index (Phi) is 5.29. The van der Waals surface area contributed by atoms with E-state index in [9.17, 15) is 23.6 Å². The third-order valence-corrected chi connectivity index (χ3v) is 3.10. The molecule has 2 rings (SSSR count). The molecule has 10 heteroatoms. The minimum atomic E-state index is -1.16. The highest BCUT2D eigenvalue weighted by atomic mass is 19.1. The van der Waals surface area contributed by atoms with Gasteiger partial charge in [0.2, 0.25) is 5.82 Å². The molecule has 0 bridgehead atoms. The van der Waals surface area contributed by atoms with Crippen LogP contribution >= 0.6 is 0 Å². The van der Waals surface area contributed by atoms with E-state index in [4.69, 9.17) is 14.2 Å². The number of carbonyl (C=O) groups excluding carboxylic acids is 2. The molecule has 0 aliphatic carbocycles. The predicted octanol–water partition coefficient (Wildman–Crippen LogP) is -0.376. The van der Waals surface area contributed by atoms with Gasteiger partial charge < -0.3 is 14.2 Å². The van der Waals surface area contributed by atoms with Crippen molar-refractivity contribution in [3.05, 3.63) is 45.0 Å². The Balaban J connectivity index is 2.29. The second-order valence-electron chi connectivity index (χ2n) is 4.97. The molecule has 0 radical (unpaired) electrons. The predicted molar refractivity (Wildman–Crippen MR) is 76.5 cm³/mol. The molecular formula is C14H15FN2O7. The number of hydrogen-bond donors (Lipinski definition) is 1. The Morgan fingerprint density at radius 2 is 2.00 bits per heavy atom. The van der Waals surface area contributed by atoms with E-state index in [1.54, 1.807) is 4.98 Å². The van der Waals surface area contributed by atoms with Crippen molar-refractivity contribution in [1.29, 1.82) is 0 Å². The van der Waals surface area contributed by atoms with Gasteiger partial charge in [-0.3, -0.25) is 23.9 Å². The Morgan fingerprint density at radius 3 is 2.62 bits per heavy atom. The highest BCUT2D eigenvalue weighted by Gasteiger charge is 2.32. The summed E-state index contributed by atoms with van der Waals surface area (Å²) < 4.78 is 29.6. The molecule has 1 aromatic rings. The summed E-state index contributed by atoms with van der Waals surface area (Å²) in [6, 6.07) is 0. The van der Waals surface area contributed by atoms with Crippen molar-refractivity contribution >= 4 is 11.9 Å². The van der Waals surface area contributed by atoms with Crippen molar-refractivity contribution in [3.8, 4) is 0 Å². The van der Waals surface area contributed by atoms with Gasteiger partial charge in [0.05, 0.1) is 6.20 Å². The van der Waals surface area contributed by atoms with E-state index in [2.05, 4.69) is 0 Å². The summed E-state index contributed by atoms with van der Waals surface area (Å²) in [5.74, 6) is -2.31. The van der Waals surface area contributed by atoms with Crippen molar-refractivity contribution in [2.45, 2.75) is 32.3 Å². The zero-order chi connectivity index (χ0) is 17.9. The van der Waals surface area contributed by atoms with Crippen LogP contribution in [-0.2, 0) is 23.8 Å². The molecule has 0 unspecified atom stereocenters. The number of H-pyrrole nitrogens is 1. The molecule has 1 aliphatic rings. The molecule has 0 fully saturated rings. The van der Waals surface area contributed by atoms with Crippen LogP contribution in [0.3, 0.4) is 0 Å². The standard InChI is InChI=1S/C14H15FN2O7/c1-7(18)22-6-11-10(23-8(2)19)3-4-12(24-11)17-5-9(15)13(20)16-14(17)21/h3-5,10-12H,6H2,1-2H3,(H,16,20,21)/t10-,11+,12+/m0/s1. The van der Waals surface area contributed by atoms with Gasteiger partial charge in [-0.1, -0.05) is 0 Å². The molecule has 9 nitrogen and oxygen atoms in total. The smallest absolute Gasteiger partial charge is 0.330 e. The van der Waals surface area contributed by atoms with Gasteiger partial charge in [0.1, 0.15) is 18.8 Å². The van der Waals surface area contributed by atoms with E-state index in [1.165, 1.54) is 26.0 Å². The first kappa shape index (κ1) is 17.6. The summed E-state index contributed by atoms with van der Waals surface area (Å²) in [7, 11) is 0. The largest absolute Gasteiger partial charge is 0.463 e. The molecule has 24 heavy (non-hydrogen) atoms. The number of hydrogen-bond acceptors (Lipinski definition) is 7. The van der Waals surface area contributed by atoms with E-state index in [1.807, 2.05) is 0 Å². The van der Waals surface area contributed by atoms with Gasteiger partial charge in [-0.15, -0.1) is 0 Å². The number of nitrogens with one attached hydrogen (secondary N) is 1. The first-order valence-electron chi connectivity index (χ1n) is 6.93. The highest BCUT2D eigenvalue weighted by molar-refractivity contribution is 5.66. The molecule has 3 atom stereocenters. The van der Waals surface area contributed by atoms with Crippen molar-refractivity contribution in [2.75, 3.05) is 6.61 Å². The molecule has 0 amide bonds. The number of carbonyl (C=O) groups is 2. The fourth-order valence-corrected chi connectivity index (χ4v) is 2.08. The monoisotopic (exact) mass is 342 g/mol. The molecule has 130 valence electrons. The van der Waals surface area contributed by atoms with Crippen LogP contribution in [-0.4, -0.2) is 40.3 Å². The number of esters is 2. The second kappa shape index (κ2) is 7.21. The zero-order valence-electron chi connectivity index (χ0n) is 12.9. The van der Waals surface area contributed by atoms with Gasteiger partial charge in [-0.25, -0.2) is 4.79 Å². The minimum absolute atomic E-state index is 0.241. The average molecular weight is 342 g/mol. The Bertz CT molecular complexity index is 782. The van der Waals surface area contributed by atoms with Crippen molar-refractivity contribution in [2.24, 2.45) is 0 Å². The van der Waals surface area contributed by atoms with E-state index >= 15 is 0 Å². The van der Waals surface area contributed by atoms with E-state index in [0.29, 0.717) is 6.20 Å². The quantitative estimate of drug-likeness (QED) is 0.586. The van der Waals surface area contributed by atoms with Crippen LogP contribution < -0.4 is 11.2 Å². The minimum Gasteiger partial charge on any atom is -0.463 e. The number of halogens is 1.